The fourth-order valence-electron chi connectivity index (χ4n) is 3.22. The molecule has 18 heavy (non-hydrogen) atoms. The van der Waals surface area contributed by atoms with Gasteiger partial charge in [-0.3, -0.25) is 4.90 Å². The van der Waals surface area contributed by atoms with Crippen molar-refractivity contribution >= 4 is 5.97 Å². The largest absolute Gasteiger partial charge is 0.462 e. The Morgan fingerprint density at radius 1 is 1.22 bits per heavy atom. The standard InChI is InChI=1S/C15H19NO2/c17-15(12-5-2-1-3-6-12)18-11-13-8-10-16-9-4-7-14(13)16/h1-3,5-6,13-14H,4,7-11H2/t13-,14+/m0/s1. The summed E-state index contributed by atoms with van der Waals surface area (Å²) in [7, 11) is 0. The van der Waals surface area contributed by atoms with E-state index in [0.717, 1.165) is 0 Å². The van der Waals surface area contributed by atoms with Crippen molar-refractivity contribution in [1.29, 1.82) is 0 Å². The molecule has 2 saturated heterocycles. The molecular weight excluding hydrogens is 226 g/mol. The Balaban J connectivity index is 1.54. The lowest BCUT2D eigenvalue weighted by molar-refractivity contribution is 0.0418. The molecule has 2 heterocycles. The van der Waals surface area contributed by atoms with Gasteiger partial charge < -0.3 is 4.74 Å². The zero-order chi connectivity index (χ0) is 12.4. The Labute approximate surface area is 108 Å². The average Bonchev–Trinajstić information content (AvgIpc) is 3.00. The average molecular weight is 245 g/mol. The van der Waals surface area contributed by atoms with E-state index in [1.54, 1.807) is 12.1 Å². The highest BCUT2D eigenvalue weighted by molar-refractivity contribution is 5.89. The van der Waals surface area contributed by atoms with Gasteiger partial charge in [-0.2, -0.15) is 0 Å². The molecule has 0 aromatic heterocycles. The maximum atomic E-state index is 11.9. The molecule has 0 saturated carbocycles. The van der Waals surface area contributed by atoms with Crippen molar-refractivity contribution in [2.24, 2.45) is 5.92 Å². The number of ether oxygens (including phenoxy) is 1. The van der Waals surface area contributed by atoms with Gasteiger partial charge in [0, 0.05) is 12.0 Å². The van der Waals surface area contributed by atoms with E-state index in [4.69, 9.17) is 4.74 Å². The van der Waals surface area contributed by atoms with E-state index >= 15 is 0 Å². The minimum absolute atomic E-state index is 0.188. The molecule has 0 aliphatic carbocycles. The first-order chi connectivity index (χ1) is 8.84. The van der Waals surface area contributed by atoms with Crippen molar-refractivity contribution in [3.8, 4) is 0 Å². The van der Waals surface area contributed by atoms with E-state index in [9.17, 15) is 4.79 Å². The van der Waals surface area contributed by atoms with Gasteiger partial charge in [0.15, 0.2) is 0 Å². The third kappa shape index (κ3) is 2.27. The van der Waals surface area contributed by atoms with Crippen LogP contribution in [-0.4, -0.2) is 36.6 Å². The highest BCUT2D eigenvalue weighted by Gasteiger charge is 2.37. The molecule has 0 bridgehead atoms. The van der Waals surface area contributed by atoms with Crippen LogP contribution in [0.4, 0.5) is 0 Å². The number of hydrogen-bond acceptors (Lipinski definition) is 3. The molecule has 3 heteroatoms. The Morgan fingerprint density at radius 2 is 2.06 bits per heavy atom. The summed E-state index contributed by atoms with van der Waals surface area (Å²) in [6.07, 6.45) is 3.74. The molecule has 0 spiro atoms. The van der Waals surface area contributed by atoms with Crippen molar-refractivity contribution in [2.75, 3.05) is 19.7 Å². The van der Waals surface area contributed by atoms with E-state index < -0.39 is 0 Å². The number of nitrogens with zero attached hydrogens (tertiary/aromatic N) is 1. The molecule has 1 aromatic rings. The summed E-state index contributed by atoms with van der Waals surface area (Å²) in [5.74, 6) is 0.354. The molecule has 0 amide bonds. The van der Waals surface area contributed by atoms with E-state index in [2.05, 4.69) is 4.90 Å². The van der Waals surface area contributed by atoms with Crippen molar-refractivity contribution in [1.82, 2.24) is 4.90 Å². The van der Waals surface area contributed by atoms with Crippen LogP contribution in [0, 0.1) is 5.92 Å². The first-order valence-electron chi connectivity index (χ1n) is 6.81. The smallest absolute Gasteiger partial charge is 0.338 e. The van der Waals surface area contributed by atoms with Crippen molar-refractivity contribution in [3.05, 3.63) is 35.9 Å². The van der Waals surface area contributed by atoms with Crippen molar-refractivity contribution < 1.29 is 9.53 Å². The fraction of sp³-hybridized carbons (Fsp3) is 0.533. The van der Waals surface area contributed by atoms with Gasteiger partial charge in [-0.15, -0.1) is 0 Å². The normalized spacial score (nSPS) is 27.1. The van der Waals surface area contributed by atoms with E-state index in [0.29, 0.717) is 24.1 Å². The number of rotatable bonds is 3. The lowest BCUT2D eigenvalue weighted by atomic mass is 9.99. The van der Waals surface area contributed by atoms with Gasteiger partial charge in [-0.1, -0.05) is 18.2 Å². The van der Waals surface area contributed by atoms with Crippen molar-refractivity contribution in [2.45, 2.75) is 25.3 Å². The Morgan fingerprint density at radius 3 is 2.89 bits per heavy atom. The van der Waals surface area contributed by atoms with Crippen LogP contribution in [0.1, 0.15) is 29.6 Å². The van der Waals surface area contributed by atoms with Gasteiger partial charge >= 0.3 is 5.97 Å². The quantitative estimate of drug-likeness (QED) is 0.765. The Hall–Kier alpha value is -1.35. The molecule has 3 rings (SSSR count). The molecule has 1 aromatic carbocycles. The maximum Gasteiger partial charge on any atom is 0.338 e. The monoisotopic (exact) mass is 245 g/mol. The third-order valence-corrected chi connectivity index (χ3v) is 4.18. The molecule has 0 radical (unpaired) electrons. The number of hydrogen-bond donors (Lipinski definition) is 0. The summed E-state index contributed by atoms with van der Waals surface area (Å²) in [5.41, 5.74) is 0.652. The summed E-state index contributed by atoms with van der Waals surface area (Å²) < 4.78 is 5.45. The number of fused-ring (bicyclic) bond motifs is 1. The molecule has 2 aliphatic rings. The summed E-state index contributed by atoms with van der Waals surface area (Å²) >= 11 is 0. The molecule has 0 N–H and O–H groups in total. The molecular formula is C15H19NO2. The SMILES string of the molecule is O=C(OC[C@@H]1CCN2CCC[C@H]12)c1ccccc1. The van der Waals surface area contributed by atoms with Crippen LogP contribution in [-0.2, 0) is 4.74 Å². The van der Waals surface area contributed by atoms with Crippen LogP contribution in [0.25, 0.3) is 0 Å². The molecule has 2 atom stereocenters. The minimum Gasteiger partial charge on any atom is -0.462 e. The summed E-state index contributed by atoms with van der Waals surface area (Å²) in [6.45, 7) is 2.99. The summed E-state index contributed by atoms with van der Waals surface area (Å²) in [6, 6.07) is 9.91. The zero-order valence-electron chi connectivity index (χ0n) is 10.5. The van der Waals surface area contributed by atoms with Gasteiger partial charge in [-0.25, -0.2) is 4.79 Å². The second-order valence-electron chi connectivity index (χ2n) is 5.26. The third-order valence-electron chi connectivity index (χ3n) is 4.18. The maximum absolute atomic E-state index is 11.9. The Bertz CT molecular complexity index is 418. The van der Waals surface area contributed by atoms with E-state index in [1.165, 1.54) is 32.4 Å². The van der Waals surface area contributed by atoms with Gasteiger partial charge in [0.25, 0.3) is 0 Å². The number of esters is 1. The van der Waals surface area contributed by atoms with Crippen molar-refractivity contribution in [3.63, 3.8) is 0 Å². The molecule has 96 valence electrons. The molecule has 2 fully saturated rings. The molecule has 0 unspecified atom stereocenters. The van der Waals surface area contributed by atoms with Crippen LogP contribution in [0.3, 0.4) is 0 Å². The summed E-state index contributed by atoms with van der Waals surface area (Å²) in [5, 5.41) is 0. The van der Waals surface area contributed by atoms with Gasteiger partial charge in [0.2, 0.25) is 0 Å². The predicted molar refractivity (Wildman–Crippen MR) is 69.4 cm³/mol. The fourth-order valence-corrected chi connectivity index (χ4v) is 3.22. The molecule has 2 aliphatic heterocycles. The second-order valence-corrected chi connectivity index (χ2v) is 5.26. The van der Waals surface area contributed by atoms with E-state index in [-0.39, 0.29) is 5.97 Å². The van der Waals surface area contributed by atoms with Gasteiger partial charge in [-0.05, 0) is 44.5 Å². The first-order valence-corrected chi connectivity index (χ1v) is 6.81. The van der Waals surface area contributed by atoms with Crippen LogP contribution >= 0.6 is 0 Å². The highest BCUT2D eigenvalue weighted by Crippen LogP contribution is 2.32. The topological polar surface area (TPSA) is 29.5 Å². The van der Waals surface area contributed by atoms with Crippen LogP contribution < -0.4 is 0 Å². The van der Waals surface area contributed by atoms with Gasteiger partial charge in [0.1, 0.15) is 0 Å². The summed E-state index contributed by atoms with van der Waals surface area (Å²) in [4.78, 5) is 14.4. The second kappa shape index (κ2) is 5.11. The van der Waals surface area contributed by atoms with Crippen LogP contribution in [0.5, 0.6) is 0 Å². The Kier molecular flexibility index (Phi) is 3.33. The zero-order valence-corrected chi connectivity index (χ0v) is 10.5. The lowest BCUT2D eigenvalue weighted by Gasteiger charge is -2.19. The van der Waals surface area contributed by atoms with Crippen LogP contribution in [0.15, 0.2) is 30.3 Å². The van der Waals surface area contributed by atoms with E-state index in [1.807, 2.05) is 18.2 Å². The molecule has 3 nitrogen and oxygen atoms in total. The predicted octanol–water partition coefficient (Wildman–Crippen LogP) is 2.33. The lowest BCUT2D eigenvalue weighted by Crippen LogP contribution is -2.28. The minimum atomic E-state index is -0.188. The van der Waals surface area contributed by atoms with Crippen LogP contribution in [0.2, 0.25) is 0 Å². The highest BCUT2D eigenvalue weighted by atomic mass is 16.5. The number of benzene rings is 1. The first kappa shape index (κ1) is 11.7. The number of carbonyl (C=O) groups excluding carboxylic acids is 1. The number of carbonyl (C=O) groups is 1. The van der Waals surface area contributed by atoms with Gasteiger partial charge in [0.05, 0.1) is 12.2 Å².